The highest BCUT2D eigenvalue weighted by molar-refractivity contribution is 5.74. The van der Waals surface area contributed by atoms with E-state index in [-0.39, 0.29) is 23.8 Å². The van der Waals surface area contributed by atoms with Crippen molar-refractivity contribution in [2.75, 3.05) is 5.32 Å². The molecule has 1 aliphatic carbocycles. The van der Waals surface area contributed by atoms with Crippen molar-refractivity contribution in [1.29, 1.82) is 0 Å². The maximum absolute atomic E-state index is 14.0. The van der Waals surface area contributed by atoms with E-state index in [1.165, 1.54) is 10.6 Å². The summed E-state index contributed by atoms with van der Waals surface area (Å²) in [4.78, 5) is 11.2. The number of fused-ring (bicyclic) bond motifs is 1. The molecule has 0 unspecified atom stereocenters. The first-order chi connectivity index (χ1) is 11.9. The molecule has 0 saturated heterocycles. The van der Waals surface area contributed by atoms with E-state index in [4.69, 9.17) is 0 Å². The Morgan fingerprint density at radius 2 is 1.92 bits per heavy atom. The molecule has 130 valence electrons. The van der Waals surface area contributed by atoms with Gasteiger partial charge in [0.05, 0.1) is 12.7 Å². The number of hydrogen-bond donors (Lipinski definition) is 1. The quantitative estimate of drug-likeness (QED) is 0.730. The molecule has 1 N–H and O–H groups in total. The first kappa shape index (κ1) is 15.8. The van der Waals surface area contributed by atoms with E-state index in [0.717, 1.165) is 19.0 Å². The molecule has 0 atom stereocenters. The first-order valence-corrected chi connectivity index (χ1v) is 7.72. The molecule has 5 nitrogen and oxygen atoms in total. The minimum atomic E-state index is -4.66. The van der Waals surface area contributed by atoms with E-state index in [9.17, 15) is 17.6 Å². The molecule has 0 aliphatic heterocycles. The smallest absolute Gasteiger partial charge is 0.353 e. The molecule has 3 aromatic rings. The van der Waals surface area contributed by atoms with Gasteiger partial charge in [0, 0.05) is 11.6 Å². The molecule has 1 aromatic carbocycles. The van der Waals surface area contributed by atoms with Crippen LogP contribution in [-0.4, -0.2) is 25.6 Å². The van der Waals surface area contributed by atoms with E-state index in [2.05, 4.69) is 20.3 Å². The molecule has 0 radical (unpaired) electrons. The van der Waals surface area contributed by atoms with Gasteiger partial charge in [-0.05, 0) is 18.9 Å². The second kappa shape index (κ2) is 5.68. The Morgan fingerprint density at radius 1 is 1.16 bits per heavy atom. The van der Waals surface area contributed by atoms with Crippen molar-refractivity contribution >= 4 is 17.1 Å². The van der Waals surface area contributed by atoms with Gasteiger partial charge in [0.25, 0.3) is 0 Å². The summed E-state index contributed by atoms with van der Waals surface area (Å²) in [7, 11) is 0. The van der Waals surface area contributed by atoms with Crippen LogP contribution in [0.3, 0.4) is 0 Å². The molecule has 9 heteroatoms. The van der Waals surface area contributed by atoms with Crippen molar-refractivity contribution in [3.8, 4) is 0 Å². The summed E-state index contributed by atoms with van der Waals surface area (Å²) >= 11 is 0. The van der Waals surface area contributed by atoms with Crippen molar-refractivity contribution in [2.24, 2.45) is 0 Å². The average Bonchev–Trinajstić information content (AvgIpc) is 3.31. The van der Waals surface area contributed by atoms with Crippen LogP contribution in [0.1, 0.15) is 24.2 Å². The van der Waals surface area contributed by atoms with Crippen molar-refractivity contribution in [3.63, 3.8) is 0 Å². The number of rotatable bonds is 4. The van der Waals surface area contributed by atoms with Crippen LogP contribution in [-0.2, 0) is 12.7 Å². The Hall–Kier alpha value is -2.71. The van der Waals surface area contributed by atoms with Gasteiger partial charge in [0.2, 0.25) is 11.8 Å². The zero-order chi connectivity index (χ0) is 17.6. The molecule has 0 amide bonds. The summed E-state index contributed by atoms with van der Waals surface area (Å²) in [5.74, 6) is -1.31. The molecular formula is C16H13F4N5. The van der Waals surface area contributed by atoms with Gasteiger partial charge in [0.15, 0.2) is 5.65 Å². The van der Waals surface area contributed by atoms with Gasteiger partial charge in [-0.3, -0.25) is 4.57 Å². The number of hydrogen-bond acceptors (Lipinski definition) is 4. The molecule has 0 spiro atoms. The molecule has 2 aromatic heterocycles. The number of aromatic nitrogens is 4. The lowest BCUT2D eigenvalue weighted by Gasteiger charge is -2.11. The lowest BCUT2D eigenvalue weighted by atomic mass is 10.2. The molecule has 1 saturated carbocycles. The van der Waals surface area contributed by atoms with Crippen LogP contribution < -0.4 is 5.32 Å². The van der Waals surface area contributed by atoms with Gasteiger partial charge >= 0.3 is 6.18 Å². The van der Waals surface area contributed by atoms with Crippen LogP contribution in [0.4, 0.5) is 23.5 Å². The largest absolute Gasteiger partial charge is 0.451 e. The predicted octanol–water partition coefficient (Wildman–Crippen LogP) is 3.61. The fourth-order valence-corrected chi connectivity index (χ4v) is 2.52. The third kappa shape index (κ3) is 3.13. The van der Waals surface area contributed by atoms with Gasteiger partial charge in [-0.15, -0.1) is 0 Å². The summed E-state index contributed by atoms with van der Waals surface area (Å²) < 4.78 is 54.3. The van der Waals surface area contributed by atoms with Crippen LogP contribution in [0.25, 0.3) is 11.2 Å². The second-order valence-corrected chi connectivity index (χ2v) is 5.93. The molecule has 2 heterocycles. The second-order valence-electron chi connectivity index (χ2n) is 5.93. The van der Waals surface area contributed by atoms with Gasteiger partial charge in [-0.2, -0.15) is 13.2 Å². The predicted molar refractivity (Wildman–Crippen MR) is 82.5 cm³/mol. The molecule has 4 rings (SSSR count). The summed E-state index contributed by atoms with van der Waals surface area (Å²) in [6.07, 6.45) is -1.70. The maximum atomic E-state index is 14.0. The van der Waals surface area contributed by atoms with Gasteiger partial charge in [-0.1, -0.05) is 18.2 Å². The van der Waals surface area contributed by atoms with Crippen molar-refractivity contribution in [3.05, 3.63) is 47.7 Å². The fourth-order valence-electron chi connectivity index (χ4n) is 2.52. The standard InChI is InChI=1S/C16H13F4N5/c17-11-4-2-1-3-9(11)8-25-13-12(23-15(25)22-10-5-6-10)7-21-14(24-13)16(18,19)20/h1-4,7,10H,5-6,8H2,(H,22,23). The minimum absolute atomic E-state index is 0.0204. The number of nitrogens with zero attached hydrogens (tertiary/aromatic N) is 4. The third-order valence-corrected chi connectivity index (χ3v) is 3.94. The van der Waals surface area contributed by atoms with Crippen molar-refractivity contribution in [2.45, 2.75) is 31.6 Å². The number of alkyl halides is 3. The Kier molecular flexibility index (Phi) is 3.59. The molecule has 0 bridgehead atoms. The molecule has 1 fully saturated rings. The van der Waals surface area contributed by atoms with Crippen LogP contribution in [0, 0.1) is 5.82 Å². The van der Waals surface area contributed by atoms with Crippen LogP contribution >= 0.6 is 0 Å². The first-order valence-electron chi connectivity index (χ1n) is 7.72. The van der Waals surface area contributed by atoms with Gasteiger partial charge in [0.1, 0.15) is 11.3 Å². The van der Waals surface area contributed by atoms with Crippen LogP contribution in [0.15, 0.2) is 30.5 Å². The fraction of sp³-hybridized carbons (Fsp3) is 0.312. The zero-order valence-corrected chi connectivity index (χ0v) is 12.9. The average molecular weight is 351 g/mol. The minimum Gasteiger partial charge on any atom is -0.353 e. The van der Waals surface area contributed by atoms with Gasteiger partial charge in [-0.25, -0.2) is 19.3 Å². The topological polar surface area (TPSA) is 55.6 Å². The van der Waals surface area contributed by atoms with E-state index in [1.54, 1.807) is 18.2 Å². The third-order valence-electron chi connectivity index (χ3n) is 3.94. The Morgan fingerprint density at radius 3 is 2.60 bits per heavy atom. The monoisotopic (exact) mass is 351 g/mol. The van der Waals surface area contributed by atoms with E-state index in [1.807, 2.05) is 0 Å². The lowest BCUT2D eigenvalue weighted by molar-refractivity contribution is -0.144. The number of imidazole rings is 1. The van der Waals surface area contributed by atoms with Crippen molar-refractivity contribution in [1.82, 2.24) is 19.5 Å². The highest BCUT2D eigenvalue weighted by Crippen LogP contribution is 2.30. The molecule has 1 aliphatic rings. The summed E-state index contributed by atoms with van der Waals surface area (Å²) in [5.41, 5.74) is 0.592. The Bertz CT molecular complexity index is 930. The Balaban J connectivity index is 1.83. The molecule has 25 heavy (non-hydrogen) atoms. The zero-order valence-electron chi connectivity index (χ0n) is 12.9. The summed E-state index contributed by atoms with van der Waals surface area (Å²) in [5, 5.41) is 3.15. The molecular weight excluding hydrogens is 338 g/mol. The van der Waals surface area contributed by atoms with E-state index >= 15 is 0 Å². The number of benzene rings is 1. The number of halogens is 4. The van der Waals surface area contributed by atoms with Gasteiger partial charge < -0.3 is 5.32 Å². The van der Waals surface area contributed by atoms with Crippen molar-refractivity contribution < 1.29 is 17.6 Å². The van der Waals surface area contributed by atoms with Crippen LogP contribution in [0.5, 0.6) is 0 Å². The normalized spacial score (nSPS) is 14.9. The number of anilines is 1. The Labute approximate surface area is 139 Å². The van der Waals surface area contributed by atoms with E-state index < -0.39 is 17.8 Å². The summed E-state index contributed by atoms with van der Waals surface area (Å²) in [6, 6.07) is 6.33. The highest BCUT2D eigenvalue weighted by Gasteiger charge is 2.35. The summed E-state index contributed by atoms with van der Waals surface area (Å²) in [6.45, 7) is 0.0204. The van der Waals surface area contributed by atoms with E-state index in [0.29, 0.717) is 11.5 Å². The highest BCUT2D eigenvalue weighted by atomic mass is 19.4. The lowest BCUT2D eigenvalue weighted by Crippen LogP contribution is -2.13. The maximum Gasteiger partial charge on any atom is 0.451 e. The van der Waals surface area contributed by atoms with Crippen LogP contribution in [0.2, 0.25) is 0 Å². The SMILES string of the molecule is Fc1ccccc1Cn1c(NC2CC2)nc2cnc(C(F)(F)F)nc21. The number of nitrogens with one attached hydrogen (secondary N) is 1.